The number of benzene rings is 2. The zero-order chi connectivity index (χ0) is 17.8. The highest BCUT2D eigenvalue weighted by Gasteiger charge is 2.33. The van der Waals surface area contributed by atoms with E-state index in [1.165, 1.54) is 4.90 Å². The monoisotopic (exact) mass is 373 g/mol. The Kier molecular flexibility index (Phi) is 5.46. The number of rotatable bonds is 5. The number of likely N-dealkylation sites (N-methyl/N-ethyl adjacent to an activating group) is 1. The summed E-state index contributed by atoms with van der Waals surface area (Å²) in [7, 11) is 0. The standard InChI is InChI=1S/C19H16ClNO3S/c1-2-21-18(22)17(25-19(21)23)11-13-5-9-16(10-6-13)24-12-14-3-7-15(20)8-4-14/h3-11H,2,12H2,1H3/b17-11-. The summed E-state index contributed by atoms with van der Waals surface area (Å²) in [4.78, 5) is 25.5. The number of imide groups is 1. The Morgan fingerprint density at radius 3 is 2.36 bits per heavy atom. The SMILES string of the molecule is CCN1C(=O)S/C(=C\c2ccc(OCc3ccc(Cl)cc3)cc2)C1=O. The molecule has 2 aromatic carbocycles. The summed E-state index contributed by atoms with van der Waals surface area (Å²) >= 11 is 6.83. The fourth-order valence-electron chi connectivity index (χ4n) is 2.33. The van der Waals surface area contributed by atoms with E-state index in [0.717, 1.165) is 28.6 Å². The normalized spacial score (nSPS) is 15.9. The molecule has 2 amide bonds. The Labute approximate surface area is 155 Å². The summed E-state index contributed by atoms with van der Waals surface area (Å²) in [6, 6.07) is 14.9. The maximum atomic E-state index is 12.1. The molecule has 1 saturated heterocycles. The van der Waals surface area contributed by atoms with Crippen molar-refractivity contribution in [3.8, 4) is 5.75 Å². The first-order valence-corrected chi connectivity index (χ1v) is 8.99. The van der Waals surface area contributed by atoms with E-state index in [0.29, 0.717) is 23.1 Å². The Morgan fingerprint density at radius 1 is 1.08 bits per heavy atom. The summed E-state index contributed by atoms with van der Waals surface area (Å²) in [5.74, 6) is 0.495. The first-order valence-electron chi connectivity index (χ1n) is 7.79. The highest BCUT2D eigenvalue weighted by atomic mass is 35.5. The highest BCUT2D eigenvalue weighted by Crippen LogP contribution is 2.32. The van der Waals surface area contributed by atoms with Crippen molar-refractivity contribution in [3.05, 3.63) is 69.6 Å². The molecule has 0 spiro atoms. The van der Waals surface area contributed by atoms with Crippen LogP contribution in [-0.4, -0.2) is 22.6 Å². The van der Waals surface area contributed by atoms with Gasteiger partial charge in [-0.05, 0) is 60.2 Å². The van der Waals surface area contributed by atoms with Crippen LogP contribution in [0.25, 0.3) is 6.08 Å². The van der Waals surface area contributed by atoms with Gasteiger partial charge in [-0.2, -0.15) is 0 Å². The number of hydrogen-bond donors (Lipinski definition) is 0. The largest absolute Gasteiger partial charge is 0.489 e. The maximum Gasteiger partial charge on any atom is 0.293 e. The van der Waals surface area contributed by atoms with Crippen molar-refractivity contribution in [1.29, 1.82) is 0 Å². The molecule has 6 heteroatoms. The summed E-state index contributed by atoms with van der Waals surface area (Å²) in [6.45, 7) is 2.62. The van der Waals surface area contributed by atoms with Crippen molar-refractivity contribution < 1.29 is 14.3 Å². The fourth-order valence-corrected chi connectivity index (χ4v) is 3.36. The Bertz CT molecular complexity index is 816. The molecule has 4 nitrogen and oxygen atoms in total. The van der Waals surface area contributed by atoms with Crippen LogP contribution in [-0.2, 0) is 11.4 Å². The minimum atomic E-state index is -0.236. The van der Waals surface area contributed by atoms with Gasteiger partial charge in [0.2, 0.25) is 0 Å². The van der Waals surface area contributed by atoms with E-state index in [1.807, 2.05) is 48.5 Å². The van der Waals surface area contributed by atoms with Crippen molar-refractivity contribution in [1.82, 2.24) is 4.90 Å². The van der Waals surface area contributed by atoms with Crippen LogP contribution in [0.1, 0.15) is 18.1 Å². The maximum absolute atomic E-state index is 12.1. The molecule has 128 valence electrons. The lowest BCUT2D eigenvalue weighted by molar-refractivity contribution is -0.122. The number of amides is 2. The lowest BCUT2D eigenvalue weighted by Crippen LogP contribution is -2.27. The number of nitrogens with zero attached hydrogens (tertiary/aromatic N) is 1. The van der Waals surface area contributed by atoms with Gasteiger partial charge in [-0.1, -0.05) is 35.9 Å². The fraction of sp³-hybridized carbons (Fsp3) is 0.158. The van der Waals surface area contributed by atoms with Crippen LogP contribution in [0.5, 0.6) is 5.75 Å². The molecular weight excluding hydrogens is 358 g/mol. The zero-order valence-electron chi connectivity index (χ0n) is 13.6. The molecule has 0 atom stereocenters. The van der Waals surface area contributed by atoms with Gasteiger partial charge in [-0.15, -0.1) is 0 Å². The van der Waals surface area contributed by atoms with Gasteiger partial charge in [0.05, 0.1) is 4.91 Å². The van der Waals surface area contributed by atoms with Crippen LogP contribution < -0.4 is 4.74 Å². The van der Waals surface area contributed by atoms with Crippen molar-refractivity contribution in [2.75, 3.05) is 6.54 Å². The highest BCUT2D eigenvalue weighted by molar-refractivity contribution is 8.18. The van der Waals surface area contributed by atoms with E-state index < -0.39 is 0 Å². The molecular formula is C19H16ClNO3S. The Morgan fingerprint density at radius 2 is 1.76 bits per heavy atom. The van der Waals surface area contributed by atoms with E-state index in [9.17, 15) is 9.59 Å². The lowest BCUT2D eigenvalue weighted by Gasteiger charge is -2.07. The number of carbonyl (C=O) groups is 2. The molecule has 2 aromatic rings. The molecule has 0 saturated carbocycles. The van der Waals surface area contributed by atoms with E-state index in [-0.39, 0.29) is 11.1 Å². The smallest absolute Gasteiger partial charge is 0.293 e. The van der Waals surface area contributed by atoms with Crippen molar-refractivity contribution in [2.24, 2.45) is 0 Å². The third-order valence-electron chi connectivity index (χ3n) is 3.69. The minimum absolute atomic E-state index is 0.221. The van der Waals surface area contributed by atoms with Gasteiger partial charge in [0.25, 0.3) is 11.1 Å². The van der Waals surface area contributed by atoms with Crippen molar-refractivity contribution >= 4 is 40.6 Å². The van der Waals surface area contributed by atoms with Crippen LogP contribution >= 0.6 is 23.4 Å². The number of halogens is 1. The average Bonchev–Trinajstić information content (AvgIpc) is 2.88. The number of hydrogen-bond acceptors (Lipinski definition) is 4. The topological polar surface area (TPSA) is 46.6 Å². The zero-order valence-corrected chi connectivity index (χ0v) is 15.1. The predicted octanol–water partition coefficient (Wildman–Crippen LogP) is 4.98. The van der Waals surface area contributed by atoms with Crippen LogP contribution in [0.3, 0.4) is 0 Å². The van der Waals surface area contributed by atoms with Crippen molar-refractivity contribution in [2.45, 2.75) is 13.5 Å². The first-order chi connectivity index (χ1) is 12.1. The van der Waals surface area contributed by atoms with E-state index in [1.54, 1.807) is 13.0 Å². The van der Waals surface area contributed by atoms with Gasteiger partial charge in [-0.25, -0.2) is 0 Å². The second-order valence-electron chi connectivity index (χ2n) is 5.41. The third kappa shape index (κ3) is 4.24. The van der Waals surface area contributed by atoms with E-state index in [2.05, 4.69) is 0 Å². The molecule has 1 heterocycles. The van der Waals surface area contributed by atoms with E-state index >= 15 is 0 Å². The summed E-state index contributed by atoms with van der Waals surface area (Å²) < 4.78 is 5.73. The number of carbonyl (C=O) groups excluding carboxylic acids is 2. The van der Waals surface area contributed by atoms with Crippen molar-refractivity contribution in [3.63, 3.8) is 0 Å². The van der Waals surface area contributed by atoms with Crippen LogP contribution in [0.2, 0.25) is 5.02 Å². The quantitative estimate of drug-likeness (QED) is 0.694. The molecule has 1 aliphatic heterocycles. The Balaban J connectivity index is 1.64. The van der Waals surface area contributed by atoms with E-state index in [4.69, 9.17) is 16.3 Å². The number of ether oxygens (including phenoxy) is 1. The second-order valence-corrected chi connectivity index (χ2v) is 6.84. The predicted molar refractivity (Wildman–Crippen MR) is 101 cm³/mol. The summed E-state index contributed by atoms with van der Waals surface area (Å²) in [5, 5.41) is 0.474. The molecule has 25 heavy (non-hydrogen) atoms. The molecule has 1 aliphatic rings. The third-order valence-corrected chi connectivity index (χ3v) is 4.85. The van der Waals surface area contributed by atoms with Crippen LogP contribution in [0.4, 0.5) is 4.79 Å². The molecule has 0 radical (unpaired) electrons. The minimum Gasteiger partial charge on any atom is -0.489 e. The molecule has 0 aromatic heterocycles. The number of thioether (sulfide) groups is 1. The van der Waals surface area contributed by atoms with Gasteiger partial charge in [0.1, 0.15) is 12.4 Å². The molecule has 3 rings (SSSR count). The summed E-state index contributed by atoms with van der Waals surface area (Å²) in [5.41, 5.74) is 1.88. The molecule has 0 N–H and O–H groups in total. The van der Waals surface area contributed by atoms with Gasteiger partial charge in [0.15, 0.2) is 0 Å². The first kappa shape index (κ1) is 17.6. The van der Waals surface area contributed by atoms with Crippen LogP contribution in [0, 0.1) is 0 Å². The van der Waals surface area contributed by atoms with Gasteiger partial charge < -0.3 is 4.74 Å². The molecule has 0 bridgehead atoms. The molecule has 0 aliphatic carbocycles. The van der Waals surface area contributed by atoms with Crippen LogP contribution in [0.15, 0.2) is 53.4 Å². The van der Waals surface area contributed by atoms with Gasteiger partial charge in [-0.3, -0.25) is 14.5 Å². The van der Waals surface area contributed by atoms with Gasteiger partial charge in [0, 0.05) is 11.6 Å². The summed E-state index contributed by atoms with van der Waals surface area (Å²) in [6.07, 6.45) is 1.73. The molecule has 0 unspecified atom stereocenters. The lowest BCUT2D eigenvalue weighted by atomic mass is 10.2. The molecule has 1 fully saturated rings. The second kappa shape index (κ2) is 7.76. The van der Waals surface area contributed by atoms with Gasteiger partial charge >= 0.3 is 0 Å². The Hall–Kier alpha value is -2.24. The average molecular weight is 374 g/mol.